The number of pyridine rings is 1. The van der Waals surface area contributed by atoms with E-state index in [9.17, 15) is 9.59 Å². The summed E-state index contributed by atoms with van der Waals surface area (Å²) >= 11 is 6.09. The molecule has 7 heteroatoms. The first-order valence-corrected chi connectivity index (χ1v) is 9.46. The number of carbonyl (C=O) groups excluding carboxylic acids is 2. The highest BCUT2D eigenvalue weighted by Gasteiger charge is 2.22. The predicted octanol–water partition coefficient (Wildman–Crippen LogP) is 3.84. The van der Waals surface area contributed by atoms with Crippen LogP contribution in [-0.2, 0) is 0 Å². The maximum absolute atomic E-state index is 13.1. The van der Waals surface area contributed by atoms with Gasteiger partial charge in [0.2, 0.25) is 5.91 Å². The summed E-state index contributed by atoms with van der Waals surface area (Å²) in [5.74, 6) is -0.200. The summed E-state index contributed by atoms with van der Waals surface area (Å²) in [6, 6.07) is 14.2. The van der Waals surface area contributed by atoms with Crippen LogP contribution in [0.4, 0.5) is 11.5 Å². The van der Waals surface area contributed by atoms with Crippen molar-refractivity contribution in [2.45, 2.75) is 12.8 Å². The summed E-state index contributed by atoms with van der Waals surface area (Å²) < 4.78 is 0. The highest BCUT2D eigenvalue weighted by atomic mass is 35.5. The summed E-state index contributed by atoms with van der Waals surface area (Å²) in [7, 11) is 0. The molecule has 1 aliphatic heterocycles. The van der Waals surface area contributed by atoms with Gasteiger partial charge in [-0.05, 0) is 43.2 Å². The Morgan fingerprint density at radius 3 is 2.50 bits per heavy atom. The number of para-hydroxylation sites is 1. The lowest BCUT2D eigenvalue weighted by Gasteiger charge is -2.20. The summed E-state index contributed by atoms with van der Waals surface area (Å²) in [6.45, 7) is 1.76. The molecule has 0 atom stereocenters. The van der Waals surface area contributed by atoms with Gasteiger partial charge in [0.05, 0.1) is 21.7 Å². The molecule has 4 rings (SSSR count). The van der Waals surface area contributed by atoms with E-state index >= 15 is 0 Å². The van der Waals surface area contributed by atoms with Crippen molar-refractivity contribution in [2.75, 3.05) is 23.3 Å². The van der Waals surface area contributed by atoms with Crippen LogP contribution in [0.1, 0.15) is 33.6 Å². The van der Waals surface area contributed by atoms with Gasteiger partial charge in [-0.25, -0.2) is 4.98 Å². The van der Waals surface area contributed by atoms with Crippen LogP contribution in [0.5, 0.6) is 0 Å². The minimum atomic E-state index is -0.613. The van der Waals surface area contributed by atoms with Crippen LogP contribution in [0.3, 0.4) is 0 Å². The van der Waals surface area contributed by atoms with Crippen molar-refractivity contribution in [3.63, 3.8) is 0 Å². The Hall–Kier alpha value is -3.12. The van der Waals surface area contributed by atoms with Gasteiger partial charge in [-0.15, -0.1) is 0 Å². The molecule has 1 aromatic heterocycles. The van der Waals surface area contributed by atoms with E-state index in [1.54, 1.807) is 6.07 Å². The van der Waals surface area contributed by atoms with Gasteiger partial charge in [-0.2, -0.15) is 0 Å². The van der Waals surface area contributed by atoms with Gasteiger partial charge in [0.15, 0.2) is 0 Å². The molecule has 0 spiro atoms. The van der Waals surface area contributed by atoms with Gasteiger partial charge in [0.1, 0.15) is 5.82 Å². The van der Waals surface area contributed by atoms with Crippen LogP contribution in [0, 0.1) is 0 Å². The molecule has 3 aromatic rings. The van der Waals surface area contributed by atoms with Crippen molar-refractivity contribution in [1.82, 2.24) is 4.98 Å². The topological polar surface area (TPSA) is 88.3 Å². The third-order valence-electron chi connectivity index (χ3n) is 4.85. The van der Waals surface area contributed by atoms with Crippen molar-refractivity contribution in [2.24, 2.45) is 5.73 Å². The second-order valence-corrected chi connectivity index (χ2v) is 7.17. The van der Waals surface area contributed by atoms with E-state index in [4.69, 9.17) is 22.3 Å². The quantitative estimate of drug-likeness (QED) is 0.703. The second kappa shape index (κ2) is 7.48. The lowest BCUT2D eigenvalue weighted by Crippen LogP contribution is -2.24. The number of aromatic nitrogens is 1. The molecule has 0 unspecified atom stereocenters. The number of benzene rings is 2. The molecule has 142 valence electrons. The number of halogens is 1. The minimum Gasteiger partial charge on any atom is -0.366 e. The van der Waals surface area contributed by atoms with E-state index in [2.05, 4.69) is 10.2 Å². The Labute approximate surface area is 167 Å². The number of nitrogens with two attached hydrogens (primary N) is 1. The van der Waals surface area contributed by atoms with Crippen molar-refractivity contribution < 1.29 is 9.59 Å². The molecule has 0 radical (unpaired) electrons. The van der Waals surface area contributed by atoms with E-state index in [1.807, 2.05) is 30.3 Å². The van der Waals surface area contributed by atoms with Crippen LogP contribution in [0.25, 0.3) is 10.9 Å². The van der Waals surface area contributed by atoms with Crippen LogP contribution in [0.2, 0.25) is 5.02 Å². The Balaban J connectivity index is 1.70. The zero-order valence-electron chi connectivity index (χ0n) is 15.1. The van der Waals surface area contributed by atoms with E-state index < -0.39 is 5.91 Å². The fourth-order valence-electron chi connectivity index (χ4n) is 3.43. The first kappa shape index (κ1) is 18.3. The van der Waals surface area contributed by atoms with Crippen molar-refractivity contribution in [1.29, 1.82) is 0 Å². The number of amides is 2. The van der Waals surface area contributed by atoms with Crippen LogP contribution in [0.15, 0.2) is 48.5 Å². The molecule has 28 heavy (non-hydrogen) atoms. The number of nitrogens with zero attached hydrogens (tertiary/aromatic N) is 2. The minimum absolute atomic E-state index is 0.196. The molecule has 3 N–H and O–H groups in total. The van der Waals surface area contributed by atoms with Crippen LogP contribution in [-0.4, -0.2) is 29.9 Å². The molecule has 2 aromatic carbocycles. The maximum Gasteiger partial charge on any atom is 0.259 e. The standard InChI is InChI=1S/C21H19ClN4O2/c22-17-12-14(7-8-15(17)19(23)27)24-21(28)16-11-13-5-1-2-6-18(13)25-20(16)26-9-3-4-10-26/h1-2,5-8,11-12H,3-4,9-10H2,(H2,23,27)(H,24,28). The van der Waals surface area contributed by atoms with Gasteiger partial charge in [-0.3, -0.25) is 9.59 Å². The third-order valence-corrected chi connectivity index (χ3v) is 5.16. The summed E-state index contributed by atoms with van der Waals surface area (Å²) in [5, 5.41) is 3.95. The van der Waals surface area contributed by atoms with E-state index in [0.29, 0.717) is 17.1 Å². The normalized spacial score (nSPS) is 13.7. The molecule has 1 fully saturated rings. The van der Waals surface area contributed by atoms with E-state index in [0.717, 1.165) is 36.8 Å². The van der Waals surface area contributed by atoms with E-state index in [1.165, 1.54) is 12.1 Å². The highest BCUT2D eigenvalue weighted by Crippen LogP contribution is 2.28. The second-order valence-electron chi connectivity index (χ2n) is 6.76. The molecule has 0 saturated carbocycles. The fraction of sp³-hybridized carbons (Fsp3) is 0.190. The molecule has 6 nitrogen and oxygen atoms in total. The Morgan fingerprint density at radius 2 is 1.79 bits per heavy atom. The highest BCUT2D eigenvalue weighted by molar-refractivity contribution is 6.34. The average molecular weight is 395 g/mol. The molecule has 1 saturated heterocycles. The van der Waals surface area contributed by atoms with Gasteiger partial charge in [0.25, 0.3) is 5.91 Å². The smallest absolute Gasteiger partial charge is 0.259 e. The molecular formula is C21H19ClN4O2. The first-order valence-electron chi connectivity index (χ1n) is 9.08. The predicted molar refractivity (Wildman–Crippen MR) is 111 cm³/mol. The number of anilines is 2. The number of nitrogens with one attached hydrogen (secondary N) is 1. The number of rotatable bonds is 4. The Kier molecular flexibility index (Phi) is 4.88. The summed E-state index contributed by atoms with van der Waals surface area (Å²) in [5.41, 5.74) is 7.34. The molecule has 2 heterocycles. The number of primary amides is 1. The number of hydrogen-bond acceptors (Lipinski definition) is 4. The maximum atomic E-state index is 13.1. The summed E-state index contributed by atoms with van der Waals surface area (Å²) in [4.78, 5) is 31.3. The van der Waals surface area contributed by atoms with Crippen molar-refractivity contribution in [3.8, 4) is 0 Å². The summed E-state index contributed by atoms with van der Waals surface area (Å²) in [6.07, 6.45) is 2.17. The molecular weight excluding hydrogens is 376 g/mol. The van der Waals surface area contributed by atoms with Crippen LogP contribution < -0.4 is 16.0 Å². The lowest BCUT2D eigenvalue weighted by molar-refractivity contribution is 0.0998. The monoisotopic (exact) mass is 394 g/mol. The Morgan fingerprint density at radius 1 is 1.04 bits per heavy atom. The molecule has 0 aliphatic carbocycles. The first-order chi connectivity index (χ1) is 13.5. The largest absolute Gasteiger partial charge is 0.366 e. The average Bonchev–Trinajstić information content (AvgIpc) is 3.21. The number of hydrogen-bond donors (Lipinski definition) is 2. The van der Waals surface area contributed by atoms with Gasteiger partial charge >= 0.3 is 0 Å². The van der Waals surface area contributed by atoms with Crippen molar-refractivity contribution in [3.05, 3.63) is 64.7 Å². The SMILES string of the molecule is NC(=O)c1ccc(NC(=O)c2cc3ccccc3nc2N2CCCC2)cc1Cl. The molecule has 0 bridgehead atoms. The van der Waals surface area contributed by atoms with Crippen molar-refractivity contribution >= 4 is 45.8 Å². The molecule has 2 amide bonds. The van der Waals surface area contributed by atoms with E-state index in [-0.39, 0.29) is 16.5 Å². The Bertz CT molecular complexity index is 1080. The fourth-order valence-corrected chi connectivity index (χ4v) is 3.71. The molecule has 1 aliphatic rings. The number of fused-ring (bicyclic) bond motifs is 1. The zero-order chi connectivity index (χ0) is 19.7. The third kappa shape index (κ3) is 3.51. The zero-order valence-corrected chi connectivity index (χ0v) is 15.9. The number of carbonyl (C=O) groups is 2. The van der Waals surface area contributed by atoms with Gasteiger partial charge < -0.3 is 16.0 Å². The lowest BCUT2D eigenvalue weighted by atomic mass is 10.1. The van der Waals surface area contributed by atoms with Gasteiger partial charge in [0, 0.05) is 24.2 Å². The van der Waals surface area contributed by atoms with Gasteiger partial charge in [-0.1, -0.05) is 29.8 Å². The van der Waals surface area contributed by atoms with Crippen LogP contribution >= 0.6 is 11.6 Å².